The molecule has 0 aliphatic rings. The maximum absolute atomic E-state index is 13.4. The number of hydrogen-bond donors (Lipinski definition) is 2. The van der Waals surface area contributed by atoms with Gasteiger partial charge in [0.1, 0.15) is 5.75 Å². The van der Waals surface area contributed by atoms with Crippen LogP contribution in [0, 0.1) is 11.6 Å². The fourth-order valence-corrected chi connectivity index (χ4v) is 2.77. The van der Waals surface area contributed by atoms with Gasteiger partial charge in [-0.2, -0.15) is 0 Å². The van der Waals surface area contributed by atoms with Crippen molar-refractivity contribution >= 4 is 34.8 Å². The summed E-state index contributed by atoms with van der Waals surface area (Å²) < 4.78 is 31.7. The van der Waals surface area contributed by atoms with Crippen molar-refractivity contribution in [3.8, 4) is 5.75 Å². The molecule has 29 heavy (non-hydrogen) atoms. The van der Waals surface area contributed by atoms with Crippen LogP contribution in [-0.4, -0.2) is 18.9 Å². The number of nitrogens with one attached hydrogen (secondary N) is 2. The molecule has 3 aromatic rings. The number of hydrogen-bond acceptors (Lipinski definition) is 3. The Labute approximate surface area is 170 Å². The number of methoxy groups -OCH3 is 1. The van der Waals surface area contributed by atoms with Crippen LogP contribution in [0.4, 0.5) is 20.2 Å². The van der Waals surface area contributed by atoms with Gasteiger partial charge >= 0.3 is 0 Å². The Balaban J connectivity index is 1.75. The topological polar surface area (TPSA) is 67.4 Å². The van der Waals surface area contributed by atoms with Crippen LogP contribution in [-0.2, 0) is 0 Å². The van der Waals surface area contributed by atoms with E-state index in [0.717, 1.165) is 12.1 Å². The molecule has 148 valence electrons. The summed E-state index contributed by atoms with van der Waals surface area (Å²) in [6, 6.07) is 14.4. The molecule has 0 unspecified atom stereocenters. The molecule has 0 bridgehead atoms. The van der Waals surface area contributed by atoms with Crippen LogP contribution in [0.15, 0.2) is 60.7 Å². The standard InChI is InChI=1S/C21H15ClF2N2O3/c1-29-15-7-2-4-12(8-15)20(27)25-13-5-3-6-14(9-13)26-21(28)16-10-18(23)19(24)11-17(16)22/h2-11H,1H3,(H,25,27)(H,26,28). The van der Waals surface area contributed by atoms with Gasteiger partial charge in [-0.25, -0.2) is 8.78 Å². The van der Waals surface area contributed by atoms with Gasteiger partial charge in [0.25, 0.3) is 11.8 Å². The summed E-state index contributed by atoms with van der Waals surface area (Å²) in [5.41, 5.74) is 0.940. The van der Waals surface area contributed by atoms with Crippen LogP contribution in [0.25, 0.3) is 0 Å². The lowest BCUT2D eigenvalue weighted by atomic mass is 10.1. The van der Waals surface area contributed by atoms with Gasteiger partial charge in [-0.1, -0.05) is 23.7 Å². The highest BCUT2D eigenvalue weighted by atomic mass is 35.5. The molecule has 0 aliphatic heterocycles. The minimum absolute atomic E-state index is 0.212. The number of carbonyl (C=O) groups is 2. The predicted molar refractivity (Wildman–Crippen MR) is 107 cm³/mol. The number of amides is 2. The smallest absolute Gasteiger partial charge is 0.257 e. The molecule has 0 fully saturated rings. The summed E-state index contributed by atoms with van der Waals surface area (Å²) in [5.74, 6) is -2.86. The predicted octanol–water partition coefficient (Wildman–Crippen LogP) is 5.13. The largest absolute Gasteiger partial charge is 0.497 e. The van der Waals surface area contributed by atoms with Crippen molar-refractivity contribution in [1.82, 2.24) is 0 Å². The molecule has 0 aromatic heterocycles. The Morgan fingerprint density at radius 3 is 2.17 bits per heavy atom. The van der Waals surface area contributed by atoms with Crippen LogP contribution in [0.2, 0.25) is 5.02 Å². The highest BCUT2D eigenvalue weighted by Gasteiger charge is 2.15. The second kappa shape index (κ2) is 8.70. The van der Waals surface area contributed by atoms with E-state index < -0.39 is 17.5 Å². The van der Waals surface area contributed by atoms with Gasteiger partial charge < -0.3 is 15.4 Å². The Hall–Kier alpha value is -3.45. The fraction of sp³-hybridized carbons (Fsp3) is 0.0476. The van der Waals surface area contributed by atoms with E-state index in [4.69, 9.17) is 16.3 Å². The summed E-state index contributed by atoms with van der Waals surface area (Å²) in [4.78, 5) is 24.7. The molecular formula is C21H15ClF2N2O3. The van der Waals surface area contributed by atoms with E-state index in [2.05, 4.69) is 10.6 Å². The monoisotopic (exact) mass is 416 g/mol. The molecule has 2 amide bonds. The molecule has 0 saturated carbocycles. The van der Waals surface area contributed by atoms with E-state index in [-0.39, 0.29) is 16.5 Å². The van der Waals surface area contributed by atoms with Gasteiger partial charge in [-0.3, -0.25) is 9.59 Å². The van der Waals surface area contributed by atoms with Crippen molar-refractivity contribution in [3.05, 3.63) is 88.4 Å². The van der Waals surface area contributed by atoms with Crippen LogP contribution in [0.1, 0.15) is 20.7 Å². The summed E-state index contributed by atoms with van der Waals surface area (Å²) >= 11 is 5.82. The highest BCUT2D eigenvalue weighted by molar-refractivity contribution is 6.34. The molecule has 2 N–H and O–H groups in total. The average Bonchev–Trinajstić information content (AvgIpc) is 2.71. The number of rotatable bonds is 5. The second-order valence-electron chi connectivity index (χ2n) is 5.97. The second-order valence-corrected chi connectivity index (χ2v) is 6.37. The van der Waals surface area contributed by atoms with Crippen LogP contribution in [0.3, 0.4) is 0 Å². The summed E-state index contributed by atoms with van der Waals surface area (Å²) in [7, 11) is 1.50. The molecule has 0 spiro atoms. The number of anilines is 2. The molecule has 0 saturated heterocycles. The molecule has 0 radical (unpaired) electrons. The molecule has 0 aliphatic carbocycles. The fourth-order valence-electron chi connectivity index (χ4n) is 2.54. The number of carbonyl (C=O) groups excluding carboxylic acids is 2. The Bertz CT molecular complexity index is 1090. The third-order valence-corrected chi connectivity index (χ3v) is 4.28. The first-order chi connectivity index (χ1) is 13.9. The van der Waals surface area contributed by atoms with Crippen molar-refractivity contribution in [2.45, 2.75) is 0 Å². The van der Waals surface area contributed by atoms with Gasteiger partial charge in [-0.15, -0.1) is 0 Å². The van der Waals surface area contributed by atoms with Gasteiger partial charge in [0.15, 0.2) is 11.6 Å². The third-order valence-electron chi connectivity index (χ3n) is 3.96. The minimum Gasteiger partial charge on any atom is -0.497 e. The zero-order chi connectivity index (χ0) is 21.0. The Morgan fingerprint density at radius 1 is 0.862 bits per heavy atom. The SMILES string of the molecule is COc1cccc(C(=O)Nc2cccc(NC(=O)c3cc(F)c(F)cc3Cl)c2)c1. The van der Waals surface area contributed by atoms with E-state index in [9.17, 15) is 18.4 Å². The summed E-state index contributed by atoms with van der Waals surface area (Å²) in [5, 5.41) is 5.02. The van der Waals surface area contributed by atoms with E-state index in [1.54, 1.807) is 42.5 Å². The zero-order valence-electron chi connectivity index (χ0n) is 15.1. The minimum atomic E-state index is -1.18. The van der Waals surface area contributed by atoms with Crippen molar-refractivity contribution in [1.29, 1.82) is 0 Å². The van der Waals surface area contributed by atoms with Crippen molar-refractivity contribution < 1.29 is 23.1 Å². The molecular weight excluding hydrogens is 402 g/mol. The zero-order valence-corrected chi connectivity index (χ0v) is 15.9. The van der Waals surface area contributed by atoms with Gasteiger partial charge in [-0.05, 0) is 48.5 Å². The lowest BCUT2D eigenvalue weighted by Crippen LogP contribution is -2.14. The van der Waals surface area contributed by atoms with Gasteiger partial charge in [0.05, 0.1) is 17.7 Å². The van der Waals surface area contributed by atoms with Gasteiger partial charge in [0.2, 0.25) is 0 Å². The number of benzene rings is 3. The van der Waals surface area contributed by atoms with Crippen LogP contribution in [0.5, 0.6) is 5.75 Å². The lowest BCUT2D eigenvalue weighted by Gasteiger charge is -2.10. The van der Waals surface area contributed by atoms with E-state index in [1.807, 2.05) is 0 Å². The molecule has 3 aromatic carbocycles. The first kappa shape index (κ1) is 20.3. The van der Waals surface area contributed by atoms with Gasteiger partial charge in [0, 0.05) is 16.9 Å². The first-order valence-electron chi connectivity index (χ1n) is 8.39. The van der Waals surface area contributed by atoms with Crippen molar-refractivity contribution in [2.75, 3.05) is 17.7 Å². The molecule has 5 nitrogen and oxygen atoms in total. The quantitative estimate of drug-likeness (QED) is 0.566. The number of ether oxygens (including phenoxy) is 1. The van der Waals surface area contributed by atoms with E-state index in [0.29, 0.717) is 22.7 Å². The molecule has 3 rings (SSSR count). The average molecular weight is 417 g/mol. The summed E-state index contributed by atoms with van der Waals surface area (Å²) in [6.45, 7) is 0. The molecule has 0 heterocycles. The number of halogens is 3. The van der Waals surface area contributed by atoms with Crippen LogP contribution >= 0.6 is 11.6 Å². The van der Waals surface area contributed by atoms with Crippen molar-refractivity contribution in [3.63, 3.8) is 0 Å². The summed E-state index contributed by atoms with van der Waals surface area (Å²) in [6.07, 6.45) is 0. The Morgan fingerprint density at radius 2 is 1.48 bits per heavy atom. The van der Waals surface area contributed by atoms with Crippen LogP contribution < -0.4 is 15.4 Å². The Kier molecular flexibility index (Phi) is 6.09. The first-order valence-corrected chi connectivity index (χ1v) is 8.76. The van der Waals surface area contributed by atoms with Crippen molar-refractivity contribution in [2.24, 2.45) is 0 Å². The normalized spacial score (nSPS) is 10.3. The maximum Gasteiger partial charge on any atom is 0.257 e. The lowest BCUT2D eigenvalue weighted by molar-refractivity contribution is 0.101. The molecule has 0 atom stereocenters. The van der Waals surface area contributed by atoms with E-state index >= 15 is 0 Å². The third kappa shape index (κ3) is 4.89. The maximum atomic E-state index is 13.4. The molecule has 8 heteroatoms. The highest BCUT2D eigenvalue weighted by Crippen LogP contribution is 2.23. The van der Waals surface area contributed by atoms with E-state index in [1.165, 1.54) is 13.2 Å².